The summed E-state index contributed by atoms with van der Waals surface area (Å²) < 4.78 is 0. The minimum Gasteiger partial charge on any atom is -0.481 e. The summed E-state index contributed by atoms with van der Waals surface area (Å²) in [6, 6.07) is 7.48. The molecule has 0 aliphatic carbocycles. The van der Waals surface area contributed by atoms with E-state index in [1.165, 1.54) is 0 Å². The number of amides is 1. The first-order valence-corrected chi connectivity index (χ1v) is 6.69. The van der Waals surface area contributed by atoms with Gasteiger partial charge in [0.2, 0.25) is 5.91 Å². The molecule has 1 amide bonds. The smallest absolute Gasteiger partial charge is 0.305 e. The van der Waals surface area contributed by atoms with Gasteiger partial charge in [-0.2, -0.15) is 0 Å². The van der Waals surface area contributed by atoms with E-state index in [1.807, 2.05) is 31.2 Å². The molecule has 0 unspecified atom stereocenters. The molecular weight excluding hydrogens is 254 g/mol. The first-order chi connectivity index (χ1) is 9.51. The molecule has 0 aromatic heterocycles. The van der Waals surface area contributed by atoms with Crippen LogP contribution in [0, 0.1) is 6.92 Å². The van der Waals surface area contributed by atoms with Crippen LogP contribution in [0.15, 0.2) is 36.9 Å². The number of hydrogen-bond donors (Lipinski definition) is 2. The highest BCUT2D eigenvalue weighted by molar-refractivity contribution is 5.77. The monoisotopic (exact) mass is 275 g/mol. The highest BCUT2D eigenvalue weighted by Gasteiger charge is 2.16. The van der Waals surface area contributed by atoms with E-state index in [0.29, 0.717) is 19.3 Å². The molecule has 108 valence electrons. The van der Waals surface area contributed by atoms with Crippen LogP contribution < -0.4 is 5.32 Å². The van der Waals surface area contributed by atoms with Gasteiger partial charge in [-0.05, 0) is 25.3 Å². The Balaban J connectivity index is 2.66. The Morgan fingerprint density at radius 3 is 2.80 bits per heavy atom. The lowest BCUT2D eigenvalue weighted by Gasteiger charge is -2.17. The summed E-state index contributed by atoms with van der Waals surface area (Å²) in [7, 11) is 0. The summed E-state index contributed by atoms with van der Waals surface area (Å²) >= 11 is 0. The van der Waals surface area contributed by atoms with Crippen LogP contribution in [-0.4, -0.2) is 23.0 Å². The predicted molar refractivity (Wildman–Crippen MR) is 78.5 cm³/mol. The van der Waals surface area contributed by atoms with Crippen molar-refractivity contribution in [2.75, 3.05) is 0 Å². The Kier molecular flexibility index (Phi) is 6.50. The third-order valence-corrected chi connectivity index (χ3v) is 2.93. The number of aliphatic carboxylic acids is 1. The van der Waals surface area contributed by atoms with Gasteiger partial charge in [0, 0.05) is 12.5 Å². The molecule has 1 aromatic carbocycles. The van der Waals surface area contributed by atoms with Gasteiger partial charge < -0.3 is 10.4 Å². The van der Waals surface area contributed by atoms with E-state index in [9.17, 15) is 9.59 Å². The van der Waals surface area contributed by atoms with E-state index >= 15 is 0 Å². The molecule has 20 heavy (non-hydrogen) atoms. The fourth-order valence-corrected chi connectivity index (χ4v) is 2.04. The summed E-state index contributed by atoms with van der Waals surface area (Å²) in [5.74, 6) is -1.05. The van der Waals surface area contributed by atoms with Gasteiger partial charge in [-0.25, -0.2) is 0 Å². The van der Waals surface area contributed by atoms with Crippen molar-refractivity contribution >= 4 is 11.9 Å². The summed E-state index contributed by atoms with van der Waals surface area (Å²) in [4.78, 5) is 22.6. The zero-order chi connectivity index (χ0) is 15.0. The first-order valence-electron chi connectivity index (χ1n) is 6.69. The Hall–Kier alpha value is -2.10. The molecule has 0 aliphatic rings. The van der Waals surface area contributed by atoms with Gasteiger partial charge in [0.25, 0.3) is 0 Å². The maximum Gasteiger partial charge on any atom is 0.305 e. The van der Waals surface area contributed by atoms with Crippen molar-refractivity contribution in [1.82, 2.24) is 5.32 Å². The lowest BCUT2D eigenvalue weighted by molar-refractivity contribution is -0.137. The summed E-state index contributed by atoms with van der Waals surface area (Å²) in [6.07, 6.45) is 3.05. The molecule has 0 fully saturated rings. The van der Waals surface area contributed by atoms with Gasteiger partial charge in [0.15, 0.2) is 0 Å². The molecule has 2 N–H and O–H groups in total. The second-order valence-electron chi connectivity index (χ2n) is 4.88. The van der Waals surface area contributed by atoms with E-state index in [0.717, 1.165) is 11.1 Å². The van der Waals surface area contributed by atoms with E-state index in [-0.39, 0.29) is 18.4 Å². The van der Waals surface area contributed by atoms with Gasteiger partial charge in [-0.15, -0.1) is 6.58 Å². The number of carbonyl (C=O) groups excluding carboxylic acids is 1. The van der Waals surface area contributed by atoms with Gasteiger partial charge in [0.05, 0.1) is 6.42 Å². The summed E-state index contributed by atoms with van der Waals surface area (Å²) in [6.45, 7) is 5.55. The summed E-state index contributed by atoms with van der Waals surface area (Å²) in [5.41, 5.74) is 2.15. The zero-order valence-corrected chi connectivity index (χ0v) is 11.8. The topological polar surface area (TPSA) is 66.4 Å². The number of rotatable bonds is 8. The van der Waals surface area contributed by atoms with Crippen LogP contribution in [0.2, 0.25) is 0 Å². The number of allylic oxidation sites excluding steroid dienone is 1. The largest absolute Gasteiger partial charge is 0.481 e. The van der Waals surface area contributed by atoms with Crippen molar-refractivity contribution in [2.24, 2.45) is 0 Å². The average Bonchev–Trinajstić information content (AvgIpc) is 2.35. The second-order valence-corrected chi connectivity index (χ2v) is 4.88. The third kappa shape index (κ3) is 6.18. The minimum absolute atomic E-state index is 0.0756. The molecule has 1 rings (SSSR count). The third-order valence-electron chi connectivity index (χ3n) is 2.93. The molecule has 0 saturated carbocycles. The van der Waals surface area contributed by atoms with Crippen molar-refractivity contribution in [1.29, 1.82) is 0 Å². The quantitative estimate of drug-likeness (QED) is 0.716. The Morgan fingerprint density at radius 1 is 1.45 bits per heavy atom. The lowest BCUT2D eigenvalue weighted by Crippen LogP contribution is -2.37. The van der Waals surface area contributed by atoms with Crippen molar-refractivity contribution in [3.63, 3.8) is 0 Å². The number of carboxylic acids is 1. The van der Waals surface area contributed by atoms with Crippen LogP contribution in [0.25, 0.3) is 0 Å². The molecule has 4 heteroatoms. The standard InChI is InChI=1S/C16H21NO3/c1-3-4-8-15(18)17-14(11-16(19)20)10-13-7-5-6-12(2)9-13/h3,5-7,9,14H,1,4,8,10-11H2,2H3,(H,17,18)(H,19,20)/t14-/m1/s1. The van der Waals surface area contributed by atoms with Crippen molar-refractivity contribution in [3.8, 4) is 0 Å². The molecule has 0 radical (unpaired) electrons. The maximum atomic E-state index is 11.7. The Labute approximate surface area is 119 Å². The Bertz CT molecular complexity index is 482. The molecule has 0 heterocycles. The molecule has 4 nitrogen and oxygen atoms in total. The van der Waals surface area contributed by atoms with E-state index in [2.05, 4.69) is 11.9 Å². The fraction of sp³-hybridized carbons (Fsp3) is 0.375. The van der Waals surface area contributed by atoms with Crippen LogP contribution in [0.1, 0.15) is 30.4 Å². The molecular formula is C16H21NO3. The molecule has 0 spiro atoms. The van der Waals surface area contributed by atoms with Crippen molar-refractivity contribution in [3.05, 3.63) is 48.0 Å². The molecule has 1 aromatic rings. The average molecular weight is 275 g/mol. The molecule has 0 bridgehead atoms. The maximum absolute atomic E-state index is 11.7. The summed E-state index contributed by atoms with van der Waals surface area (Å²) in [5, 5.41) is 11.7. The SMILES string of the molecule is C=CCCC(=O)N[C@@H](CC(=O)O)Cc1cccc(C)c1. The van der Waals surface area contributed by atoms with Crippen LogP contribution in [0.5, 0.6) is 0 Å². The van der Waals surface area contributed by atoms with Gasteiger partial charge in [-0.3, -0.25) is 9.59 Å². The van der Waals surface area contributed by atoms with Crippen molar-refractivity contribution < 1.29 is 14.7 Å². The predicted octanol–water partition coefficient (Wildman–Crippen LogP) is 2.46. The lowest BCUT2D eigenvalue weighted by atomic mass is 10.0. The molecule has 0 saturated heterocycles. The van der Waals surface area contributed by atoms with Crippen LogP contribution in [-0.2, 0) is 16.0 Å². The molecule has 0 aliphatic heterocycles. The number of benzene rings is 1. The highest BCUT2D eigenvalue weighted by atomic mass is 16.4. The van der Waals surface area contributed by atoms with Gasteiger partial charge in [-0.1, -0.05) is 35.9 Å². The normalized spacial score (nSPS) is 11.7. The fourth-order valence-electron chi connectivity index (χ4n) is 2.04. The zero-order valence-electron chi connectivity index (χ0n) is 11.8. The van der Waals surface area contributed by atoms with Crippen LogP contribution >= 0.6 is 0 Å². The second kappa shape index (κ2) is 8.15. The molecule has 1 atom stereocenters. The number of nitrogens with one attached hydrogen (secondary N) is 1. The first kappa shape index (κ1) is 16.0. The van der Waals surface area contributed by atoms with Crippen LogP contribution in [0.3, 0.4) is 0 Å². The van der Waals surface area contributed by atoms with E-state index in [1.54, 1.807) is 6.08 Å². The number of carboxylic acid groups (broad SMARTS) is 1. The number of aryl methyl sites for hydroxylation is 1. The highest BCUT2D eigenvalue weighted by Crippen LogP contribution is 2.09. The number of carbonyl (C=O) groups is 2. The van der Waals surface area contributed by atoms with E-state index in [4.69, 9.17) is 5.11 Å². The van der Waals surface area contributed by atoms with Gasteiger partial charge >= 0.3 is 5.97 Å². The minimum atomic E-state index is -0.910. The number of hydrogen-bond acceptors (Lipinski definition) is 2. The van der Waals surface area contributed by atoms with Gasteiger partial charge in [0.1, 0.15) is 0 Å². The Morgan fingerprint density at radius 2 is 2.20 bits per heavy atom. The van der Waals surface area contributed by atoms with E-state index < -0.39 is 5.97 Å². The van der Waals surface area contributed by atoms with Crippen molar-refractivity contribution in [2.45, 2.75) is 38.6 Å². The van der Waals surface area contributed by atoms with Crippen LogP contribution in [0.4, 0.5) is 0 Å².